The predicted molar refractivity (Wildman–Crippen MR) is 110 cm³/mol. The smallest absolute Gasteiger partial charge is 0.251 e. The molecule has 1 amide bonds. The van der Waals surface area contributed by atoms with Crippen LogP contribution in [-0.2, 0) is 0 Å². The van der Waals surface area contributed by atoms with E-state index < -0.39 is 0 Å². The molecular formula is C22H22N6O. The first-order valence-electron chi connectivity index (χ1n) is 9.72. The van der Waals surface area contributed by atoms with E-state index in [4.69, 9.17) is 5.26 Å². The van der Waals surface area contributed by atoms with E-state index in [0.717, 1.165) is 43.0 Å². The molecule has 7 heteroatoms. The SMILES string of the molecule is N#Cc1ccc(C(=O)NCC2CCN(c3cc(-c4cccnc4)[nH]n3)CC2)cc1. The fourth-order valence-corrected chi connectivity index (χ4v) is 3.54. The summed E-state index contributed by atoms with van der Waals surface area (Å²) in [5.41, 5.74) is 3.12. The lowest BCUT2D eigenvalue weighted by Crippen LogP contribution is -2.38. The number of hydrogen-bond acceptors (Lipinski definition) is 5. The van der Waals surface area contributed by atoms with Gasteiger partial charge in [0.05, 0.1) is 17.3 Å². The van der Waals surface area contributed by atoms with Crippen LogP contribution in [0.15, 0.2) is 54.9 Å². The summed E-state index contributed by atoms with van der Waals surface area (Å²) in [4.78, 5) is 18.7. The summed E-state index contributed by atoms with van der Waals surface area (Å²) in [6.45, 7) is 2.48. The number of nitrogens with one attached hydrogen (secondary N) is 2. The number of aromatic nitrogens is 3. The monoisotopic (exact) mass is 386 g/mol. The average Bonchev–Trinajstić information content (AvgIpc) is 3.29. The zero-order valence-corrected chi connectivity index (χ0v) is 16.0. The van der Waals surface area contributed by atoms with E-state index in [-0.39, 0.29) is 5.91 Å². The minimum Gasteiger partial charge on any atom is -0.355 e. The van der Waals surface area contributed by atoms with Gasteiger partial charge < -0.3 is 10.2 Å². The van der Waals surface area contributed by atoms with Gasteiger partial charge in [0.15, 0.2) is 5.82 Å². The molecule has 29 heavy (non-hydrogen) atoms. The molecule has 0 saturated carbocycles. The summed E-state index contributed by atoms with van der Waals surface area (Å²) >= 11 is 0. The first kappa shape index (κ1) is 18.7. The van der Waals surface area contributed by atoms with E-state index in [0.29, 0.717) is 23.6 Å². The van der Waals surface area contributed by atoms with Crippen LogP contribution in [0.25, 0.3) is 11.3 Å². The predicted octanol–water partition coefficient (Wildman–Crippen LogP) is 2.99. The molecule has 3 heterocycles. The zero-order valence-electron chi connectivity index (χ0n) is 16.0. The first-order chi connectivity index (χ1) is 14.2. The molecule has 0 atom stereocenters. The summed E-state index contributed by atoms with van der Waals surface area (Å²) in [5.74, 6) is 1.31. The largest absolute Gasteiger partial charge is 0.355 e. The quantitative estimate of drug-likeness (QED) is 0.702. The third-order valence-corrected chi connectivity index (χ3v) is 5.30. The van der Waals surface area contributed by atoms with Crippen molar-refractivity contribution in [1.29, 1.82) is 5.26 Å². The Balaban J connectivity index is 1.27. The number of hydrogen-bond donors (Lipinski definition) is 2. The molecule has 0 spiro atoms. The molecule has 7 nitrogen and oxygen atoms in total. The average molecular weight is 386 g/mol. The minimum atomic E-state index is -0.0923. The van der Waals surface area contributed by atoms with Crippen molar-refractivity contribution in [2.45, 2.75) is 12.8 Å². The van der Waals surface area contributed by atoms with E-state index >= 15 is 0 Å². The molecular weight excluding hydrogens is 364 g/mol. The maximum atomic E-state index is 12.3. The van der Waals surface area contributed by atoms with E-state index in [1.807, 2.05) is 18.3 Å². The van der Waals surface area contributed by atoms with Crippen molar-refractivity contribution < 1.29 is 4.79 Å². The standard InChI is InChI=1S/C22H22N6O/c23-13-16-3-5-18(6-4-16)22(29)25-14-17-7-10-28(11-8-17)21-12-20(26-27-21)19-2-1-9-24-15-19/h1-6,9,12,15,17H,7-8,10-11,14H2,(H,25,29)(H,26,27). The van der Waals surface area contributed by atoms with E-state index in [1.165, 1.54) is 0 Å². The number of anilines is 1. The van der Waals surface area contributed by atoms with Gasteiger partial charge >= 0.3 is 0 Å². The highest BCUT2D eigenvalue weighted by molar-refractivity contribution is 5.94. The van der Waals surface area contributed by atoms with Gasteiger partial charge in [0.1, 0.15) is 0 Å². The summed E-state index contributed by atoms with van der Waals surface area (Å²) in [6.07, 6.45) is 5.58. The van der Waals surface area contributed by atoms with Gasteiger partial charge in [-0.25, -0.2) is 0 Å². The lowest BCUT2D eigenvalue weighted by molar-refractivity contribution is 0.0945. The van der Waals surface area contributed by atoms with Gasteiger partial charge in [-0.3, -0.25) is 14.9 Å². The van der Waals surface area contributed by atoms with Crippen molar-refractivity contribution in [3.05, 3.63) is 66.0 Å². The van der Waals surface area contributed by atoms with Crippen molar-refractivity contribution in [2.24, 2.45) is 5.92 Å². The number of pyridine rings is 1. The zero-order chi connectivity index (χ0) is 20.1. The Bertz CT molecular complexity index is 998. The van der Waals surface area contributed by atoms with Crippen molar-refractivity contribution >= 4 is 11.7 Å². The second-order valence-corrected chi connectivity index (χ2v) is 7.21. The van der Waals surface area contributed by atoms with Crippen LogP contribution < -0.4 is 10.2 Å². The second kappa shape index (κ2) is 8.57. The van der Waals surface area contributed by atoms with Gasteiger partial charge in [0.2, 0.25) is 0 Å². The number of piperidine rings is 1. The summed E-state index contributed by atoms with van der Waals surface area (Å²) in [6, 6.07) is 14.7. The maximum Gasteiger partial charge on any atom is 0.251 e. The van der Waals surface area contributed by atoms with Crippen LogP contribution in [0.1, 0.15) is 28.8 Å². The van der Waals surface area contributed by atoms with Crippen molar-refractivity contribution in [2.75, 3.05) is 24.5 Å². The van der Waals surface area contributed by atoms with Crippen LogP contribution in [0.3, 0.4) is 0 Å². The highest BCUT2D eigenvalue weighted by atomic mass is 16.1. The van der Waals surface area contributed by atoms with Gasteiger partial charge in [0, 0.05) is 49.2 Å². The van der Waals surface area contributed by atoms with Gasteiger partial charge in [-0.2, -0.15) is 10.4 Å². The first-order valence-corrected chi connectivity index (χ1v) is 9.72. The van der Waals surface area contributed by atoms with Crippen LogP contribution in [0.4, 0.5) is 5.82 Å². The van der Waals surface area contributed by atoms with E-state index in [1.54, 1.807) is 30.5 Å². The molecule has 3 aromatic rings. The maximum absolute atomic E-state index is 12.3. The highest BCUT2D eigenvalue weighted by Gasteiger charge is 2.22. The molecule has 1 aromatic carbocycles. The number of rotatable bonds is 5. The highest BCUT2D eigenvalue weighted by Crippen LogP contribution is 2.25. The molecule has 1 aliphatic heterocycles. The number of amides is 1. The number of nitrogens with zero attached hydrogens (tertiary/aromatic N) is 4. The Hall–Kier alpha value is -3.66. The molecule has 1 saturated heterocycles. The van der Waals surface area contributed by atoms with Crippen LogP contribution in [0.2, 0.25) is 0 Å². The number of aromatic amines is 1. The van der Waals surface area contributed by atoms with Crippen molar-refractivity contribution in [3.8, 4) is 17.3 Å². The van der Waals surface area contributed by atoms with Gasteiger partial charge in [-0.1, -0.05) is 0 Å². The van der Waals surface area contributed by atoms with Crippen LogP contribution in [0.5, 0.6) is 0 Å². The molecule has 4 rings (SSSR count). The third-order valence-electron chi connectivity index (χ3n) is 5.30. The van der Waals surface area contributed by atoms with Crippen molar-refractivity contribution in [1.82, 2.24) is 20.5 Å². The number of carbonyl (C=O) groups excluding carboxylic acids is 1. The number of benzene rings is 1. The Morgan fingerprint density at radius 3 is 2.72 bits per heavy atom. The molecule has 146 valence electrons. The Labute approximate surface area is 169 Å². The topological polar surface area (TPSA) is 97.7 Å². The van der Waals surface area contributed by atoms with Gasteiger partial charge in [-0.05, 0) is 55.2 Å². The van der Waals surface area contributed by atoms with E-state index in [9.17, 15) is 4.79 Å². The molecule has 1 fully saturated rings. The molecule has 1 aliphatic rings. The molecule has 0 bridgehead atoms. The Morgan fingerprint density at radius 2 is 2.03 bits per heavy atom. The summed E-state index contributed by atoms with van der Waals surface area (Å²) in [7, 11) is 0. The lowest BCUT2D eigenvalue weighted by atomic mass is 9.96. The lowest BCUT2D eigenvalue weighted by Gasteiger charge is -2.32. The molecule has 0 radical (unpaired) electrons. The number of nitriles is 1. The number of H-pyrrole nitrogens is 1. The fourth-order valence-electron chi connectivity index (χ4n) is 3.54. The van der Waals surface area contributed by atoms with Crippen LogP contribution >= 0.6 is 0 Å². The summed E-state index contributed by atoms with van der Waals surface area (Å²) < 4.78 is 0. The van der Waals surface area contributed by atoms with Gasteiger partial charge in [0.25, 0.3) is 5.91 Å². The van der Waals surface area contributed by atoms with Crippen molar-refractivity contribution in [3.63, 3.8) is 0 Å². The van der Waals surface area contributed by atoms with Crippen LogP contribution in [-0.4, -0.2) is 40.7 Å². The van der Waals surface area contributed by atoms with E-state index in [2.05, 4.69) is 37.5 Å². The number of carbonyl (C=O) groups is 1. The fraction of sp³-hybridized carbons (Fsp3) is 0.273. The van der Waals surface area contributed by atoms with Gasteiger partial charge in [-0.15, -0.1) is 0 Å². The Morgan fingerprint density at radius 1 is 1.24 bits per heavy atom. The normalized spacial score (nSPS) is 14.4. The molecule has 0 unspecified atom stereocenters. The molecule has 2 aromatic heterocycles. The Kier molecular flexibility index (Phi) is 5.52. The minimum absolute atomic E-state index is 0.0923. The summed E-state index contributed by atoms with van der Waals surface area (Å²) in [5, 5.41) is 19.4. The van der Waals surface area contributed by atoms with Crippen LogP contribution in [0, 0.1) is 17.2 Å². The second-order valence-electron chi connectivity index (χ2n) is 7.21. The molecule has 2 N–H and O–H groups in total. The molecule has 0 aliphatic carbocycles. The third kappa shape index (κ3) is 4.43.